The summed E-state index contributed by atoms with van der Waals surface area (Å²) in [6, 6.07) is 4.70. The summed E-state index contributed by atoms with van der Waals surface area (Å²) < 4.78 is 11.7. The molecule has 3 N–H and O–H groups in total. The van der Waals surface area contributed by atoms with Crippen LogP contribution >= 0.6 is 0 Å². The zero-order valence-electron chi connectivity index (χ0n) is 20.9. The van der Waals surface area contributed by atoms with E-state index in [9.17, 15) is 15.0 Å². The molecule has 0 aliphatic heterocycles. The maximum atomic E-state index is 12.9. The largest absolute Gasteiger partial charge is 0.504 e. The zero-order valence-corrected chi connectivity index (χ0v) is 20.9. The molecule has 1 aromatic rings. The van der Waals surface area contributed by atoms with E-state index in [-0.39, 0.29) is 28.4 Å². The van der Waals surface area contributed by atoms with E-state index in [2.05, 4.69) is 33.0 Å². The minimum atomic E-state index is -0.576. The molecule has 0 radical (unpaired) electrons. The van der Waals surface area contributed by atoms with Crippen molar-refractivity contribution in [3.63, 3.8) is 0 Å². The van der Waals surface area contributed by atoms with Gasteiger partial charge in [0.2, 0.25) is 5.91 Å². The van der Waals surface area contributed by atoms with Crippen LogP contribution in [0.4, 0.5) is 0 Å². The van der Waals surface area contributed by atoms with Crippen LogP contribution in [-0.2, 0) is 20.7 Å². The third-order valence-corrected chi connectivity index (χ3v) is 6.59. The molecule has 0 bridgehead atoms. The fourth-order valence-electron chi connectivity index (χ4n) is 3.53. The van der Waals surface area contributed by atoms with Crippen LogP contribution in [0.25, 0.3) is 0 Å². The maximum Gasteiger partial charge on any atom is 0.225 e. The predicted molar refractivity (Wildman–Crippen MR) is 124 cm³/mol. The summed E-state index contributed by atoms with van der Waals surface area (Å²) in [4.78, 5) is 12.9. The molecule has 6 nitrogen and oxygen atoms in total. The van der Waals surface area contributed by atoms with E-state index < -0.39 is 11.0 Å². The molecule has 0 saturated carbocycles. The molecule has 1 rings (SSSR count). The number of benzene rings is 1. The fourth-order valence-corrected chi connectivity index (χ4v) is 3.53. The van der Waals surface area contributed by atoms with Gasteiger partial charge in [-0.1, -0.05) is 33.8 Å². The topological polar surface area (TPSA) is 88.0 Å². The molecule has 1 amide bonds. The molecule has 0 aliphatic carbocycles. The molecule has 31 heavy (non-hydrogen) atoms. The first-order chi connectivity index (χ1) is 14.0. The van der Waals surface area contributed by atoms with E-state index in [0.29, 0.717) is 26.0 Å². The summed E-state index contributed by atoms with van der Waals surface area (Å²) in [5.41, 5.74) is -0.617. The minimum Gasteiger partial charge on any atom is -0.504 e. The molecular formula is C25H43NO5. The van der Waals surface area contributed by atoms with Gasteiger partial charge in [0.15, 0.2) is 11.5 Å². The van der Waals surface area contributed by atoms with Gasteiger partial charge in [-0.2, -0.15) is 0 Å². The Morgan fingerprint density at radius 1 is 1.00 bits per heavy atom. The van der Waals surface area contributed by atoms with E-state index in [1.165, 1.54) is 12.1 Å². The highest BCUT2D eigenvalue weighted by Crippen LogP contribution is 2.43. The van der Waals surface area contributed by atoms with E-state index >= 15 is 0 Å². The lowest BCUT2D eigenvalue weighted by Gasteiger charge is -2.45. The standard InChI is InChI=1S/C25H43NO5/c1-22(2,21(29)26-14-12-18-10-11-19(27)20(28)16-18)17-23(3,4)25(7,8)31-15-13-24(5,6)30-9/h10-11,16,27-28H,12-15,17H2,1-9H3,(H,26,29). The number of carbonyl (C=O) groups excluding carboxylic acids is 1. The molecule has 0 aromatic heterocycles. The molecule has 1 aromatic carbocycles. The van der Waals surface area contributed by atoms with Crippen LogP contribution in [-0.4, -0.2) is 47.6 Å². The lowest BCUT2D eigenvalue weighted by Crippen LogP contribution is -2.48. The van der Waals surface area contributed by atoms with Gasteiger partial charge in [-0.3, -0.25) is 4.79 Å². The van der Waals surface area contributed by atoms with Crippen LogP contribution < -0.4 is 5.32 Å². The normalized spacial score (nSPS) is 13.3. The average molecular weight is 438 g/mol. The summed E-state index contributed by atoms with van der Waals surface area (Å²) in [7, 11) is 1.71. The number of carbonyl (C=O) groups is 1. The van der Waals surface area contributed by atoms with Crippen molar-refractivity contribution < 1.29 is 24.5 Å². The van der Waals surface area contributed by atoms with Crippen molar-refractivity contribution in [3.05, 3.63) is 23.8 Å². The lowest BCUT2D eigenvalue weighted by molar-refractivity contribution is -0.141. The van der Waals surface area contributed by atoms with Crippen molar-refractivity contribution >= 4 is 5.91 Å². The van der Waals surface area contributed by atoms with Gasteiger partial charge in [0.1, 0.15) is 0 Å². The SMILES string of the molecule is COC(C)(C)CCOC(C)(C)C(C)(C)CC(C)(C)C(=O)NCCc1ccc(O)c(O)c1. The molecule has 0 aliphatic rings. The first kappa shape index (κ1) is 27.2. The van der Waals surface area contributed by atoms with Gasteiger partial charge in [-0.15, -0.1) is 0 Å². The summed E-state index contributed by atoms with van der Waals surface area (Å²) >= 11 is 0. The lowest BCUT2D eigenvalue weighted by atomic mass is 9.66. The Hall–Kier alpha value is -1.79. The fraction of sp³-hybridized carbons (Fsp3) is 0.720. The van der Waals surface area contributed by atoms with E-state index in [4.69, 9.17) is 9.47 Å². The van der Waals surface area contributed by atoms with Gasteiger partial charge >= 0.3 is 0 Å². The second-order valence-corrected chi connectivity index (χ2v) is 10.8. The van der Waals surface area contributed by atoms with Crippen LogP contribution in [0, 0.1) is 10.8 Å². The molecule has 0 saturated heterocycles. The van der Waals surface area contributed by atoms with Crippen molar-refractivity contribution in [2.24, 2.45) is 10.8 Å². The summed E-state index contributed by atoms with van der Waals surface area (Å²) in [6.45, 7) is 17.5. The number of rotatable bonds is 12. The number of ether oxygens (including phenoxy) is 2. The quantitative estimate of drug-likeness (QED) is 0.409. The predicted octanol–water partition coefficient (Wildman–Crippen LogP) is 4.81. The molecule has 0 fully saturated rings. The maximum absolute atomic E-state index is 12.9. The molecule has 6 heteroatoms. The highest BCUT2D eigenvalue weighted by Gasteiger charge is 2.44. The monoisotopic (exact) mass is 437 g/mol. The highest BCUT2D eigenvalue weighted by molar-refractivity contribution is 5.81. The molecule has 0 unspecified atom stereocenters. The summed E-state index contributed by atoms with van der Waals surface area (Å²) in [5.74, 6) is -0.311. The number of hydrogen-bond donors (Lipinski definition) is 3. The number of amides is 1. The molecule has 178 valence electrons. The van der Waals surface area contributed by atoms with Crippen LogP contribution in [0.3, 0.4) is 0 Å². The second-order valence-electron chi connectivity index (χ2n) is 10.8. The van der Waals surface area contributed by atoms with Gasteiger partial charge in [0.05, 0.1) is 17.8 Å². The number of aromatic hydroxyl groups is 2. The minimum absolute atomic E-state index is 0.0140. The number of phenols is 2. The smallest absolute Gasteiger partial charge is 0.225 e. The highest BCUT2D eigenvalue weighted by atomic mass is 16.5. The number of nitrogens with one attached hydrogen (secondary N) is 1. The van der Waals surface area contributed by atoms with E-state index in [1.54, 1.807) is 13.2 Å². The molecule has 0 atom stereocenters. The van der Waals surface area contributed by atoms with Crippen molar-refractivity contribution in [1.82, 2.24) is 5.32 Å². The Kier molecular flexibility index (Phi) is 8.98. The Balaban J connectivity index is 2.65. The van der Waals surface area contributed by atoms with Gasteiger partial charge in [0, 0.05) is 19.1 Å². The van der Waals surface area contributed by atoms with Gasteiger partial charge in [-0.25, -0.2) is 0 Å². The molecule has 0 spiro atoms. The van der Waals surface area contributed by atoms with Crippen molar-refractivity contribution in [3.8, 4) is 11.5 Å². The zero-order chi connectivity index (χ0) is 24.1. The number of phenolic OH excluding ortho intramolecular Hbond substituents is 2. The third kappa shape index (κ3) is 8.00. The Labute approximate surface area is 188 Å². The number of hydrogen-bond acceptors (Lipinski definition) is 5. The van der Waals surface area contributed by atoms with Gasteiger partial charge < -0.3 is 25.0 Å². The van der Waals surface area contributed by atoms with E-state index in [1.807, 2.05) is 27.7 Å². The Morgan fingerprint density at radius 3 is 2.16 bits per heavy atom. The van der Waals surface area contributed by atoms with E-state index in [0.717, 1.165) is 12.0 Å². The van der Waals surface area contributed by atoms with Gasteiger partial charge in [-0.05, 0) is 70.1 Å². The Morgan fingerprint density at radius 2 is 1.61 bits per heavy atom. The number of methoxy groups -OCH3 is 1. The van der Waals surface area contributed by atoms with Crippen molar-refractivity contribution in [2.45, 2.75) is 85.9 Å². The molecular weight excluding hydrogens is 394 g/mol. The van der Waals surface area contributed by atoms with Crippen molar-refractivity contribution in [2.75, 3.05) is 20.3 Å². The van der Waals surface area contributed by atoms with Crippen LogP contribution in [0.2, 0.25) is 0 Å². The third-order valence-electron chi connectivity index (χ3n) is 6.59. The molecule has 0 heterocycles. The van der Waals surface area contributed by atoms with Crippen LogP contribution in [0.15, 0.2) is 18.2 Å². The summed E-state index contributed by atoms with van der Waals surface area (Å²) in [5, 5.41) is 22.0. The average Bonchev–Trinajstić information content (AvgIpc) is 2.63. The van der Waals surface area contributed by atoms with Crippen LogP contribution in [0.1, 0.15) is 73.8 Å². The first-order valence-electron chi connectivity index (χ1n) is 11.0. The van der Waals surface area contributed by atoms with Gasteiger partial charge in [0.25, 0.3) is 0 Å². The summed E-state index contributed by atoms with van der Waals surface area (Å²) in [6.07, 6.45) is 2.02. The first-order valence-corrected chi connectivity index (χ1v) is 11.0. The Bertz CT molecular complexity index is 737. The van der Waals surface area contributed by atoms with Crippen LogP contribution in [0.5, 0.6) is 11.5 Å². The van der Waals surface area contributed by atoms with Crippen molar-refractivity contribution in [1.29, 1.82) is 0 Å². The second kappa shape index (κ2) is 10.2.